The van der Waals surface area contributed by atoms with Gasteiger partial charge in [0.15, 0.2) is 11.5 Å². The monoisotopic (exact) mass is 410 g/mol. The Kier molecular flexibility index (Phi) is 6.18. The average Bonchev–Trinajstić information content (AvgIpc) is 3.32. The van der Waals surface area contributed by atoms with Gasteiger partial charge in [-0.1, -0.05) is 18.2 Å². The number of benzene rings is 2. The molecule has 0 spiro atoms. The fraction of sp³-hybridized carbons (Fsp3) is 0.391. The topological polar surface area (TPSA) is 77.1 Å². The molecule has 1 atom stereocenters. The molecule has 0 radical (unpaired) electrons. The van der Waals surface area contributed by atoms with E-state index < -0.39 is 6.10 Å². The van der Waals surface area contributed by atoms with Crippen molar-refractivity contribution < 1.29 is 23.8 Å². The molecule has 1 unspecified atom stereocenters. The van der Waals surface area contributed by atoms with Crippen molar-refractivity contribution in [2.45, 2.75) is 32.4 Å². The van der Waals surface area contributed by atoms with Crippen LogP contribution in [0, 0.1) is 0 Å². The number of carbonyl (C=O) groups is 2. The van der Waals surface area contributed by atoms with E-state index in [1.54, 1.807) is 29.2 Å². The lowest BCUT2D eigenvalue weighted by Gasteiger charge is -2.25. The lowest BCUT2D eigenvalue weighted by Crippen LogP contribution is -2.31. The van der Waals surface area contributed by atoms with Gasteiger partial charge < -0.3 is 24.4 Å². The Morgan fingerprint density at radius 2 is 1.93 bits per heavy atom. The van der Waals surface area contributed by atoms with E-state index in [4.69, 9.17) is 14.2 Å². The standard InChI is InChI=1S/C23H26N2O5/c1-2-25(15-17-7-4-9-19-21(17)30-13-12-29-19)23(27)16-6-3-8-18(14-16)24-22(26)20-10-5-11-28-20/h3-4,6-9,14,20H,2,5,10-13,15H2,1H3,(H,24,26). The number of hydrogen-bond acceptors (Lipinski definition) is 5. The van der Waals surface area contributed by atoms with Gasteiger partial charge in [0.2, 0.25) is 0 Å². The number of anilines is 1. The zero-order valence-electron chi connectivity index (χ0n) is 17.1. The molecule has 158 valence electrons. The first-order valence-corrected chi connectivity index (χ1v) is 10.3. The van der Waals surface area contributed by atoms with E-state index >= 15 is 0 Å². The molecule has 1 N–H and O–H groups in total. The SMILES string of the molecule is CCN(Cc1cccc2c1OCCO2)C(=O)c1cccc(NC(=O)C2CCCO2)c1. The number of nitrogens with zero attached hydrogens (tertiary/aromatic N) is 1. The van der Waals surface area contributed by atoms with Gasteiger partial charge >= 0.3 is 0 Å². The zero-order valence-corrected chi connectivity index (χ0v) is 17.1. The fourth-order valence-corrected chi connectivity index (χ4v) is 3.71. The maximum absolute atomic E-state index is 13.2. The van der Waals surface area contributed by atoms with Crippen molar-refractivity contribution in [2.75, 3.05) is 31.7 Å². The molecule has 2 aliphatic rings. The zero-order chi connectivity index (χ0) is 20.9. The molecule has 2 aromatic rings. The molecule has 0 aromatic heterocycles. The second kappa shape index (κ2) is 9.17. The number of nitrogens with one attached hydrogen (secondary N) is 1. The first-order chi connectivity index (χ1) is 14.7. The number of amides is 2. The number of fused-ring (bicyclic) bond motifs is 1. The third kappa shape index (κ3) is 4.41. The Morgan fingerprint density at radius 1 is 1.10 bits per heavy atom. The van der Waals surface area contributed by atoms with Crippen molar-refractivity contribution >= 4 is 17.5 Å². The van der Waals surface area contributed by atoms with Crippen LogP contribution in [-0.2, 0) is 16.1 Å². The maximum Gasteiger partial charge on any atom is 0.254 e. The van der Waals surface area contributed by atoms with Crippen LogP contribution in [-0.4, -0.2) is 49.2 Å². The number of rotatable bonds is 6. The van der Waals surface area contributed by atoms with E-state index in [1.165, 1.54) is 0 Å². The molecule has 2 heterocycles. The molecule has 1 fully saturated rings. The molecular weight excluding hydrogens is 384 g/mol. The average molecular weight is 410 g/mol. The summed E-state index contributed by atoms with van der Waals surface area (Å²) >= 11 is 0. The van der Waals surface area contributed by atoms with Crippen LogP contribution in [0.5, 0.6) is 11.5 Å². The summed E-state index contributed by atoms with van der Waals surface area (Å²) in [4.78, 5) is 27.2. The highest BCUT2D eigenvalue weighted by atomic mass is 16.6. The van der Waals surface area contributed by atoms with Crippen molar-refractivity contribution in [3.8, 4) is 11.5 Å². The molecular formula is C23H26N2O5. The number of hydrogen-bond donors (Lipinski definition) is 1. The summed E-state index contributed by atoms with van der Waals surface area (Å²) in [6.45, 7) is 4.52. The largest absolute Gasteiger partial charge is 0.486 e. The van der Waals surface area contributed by atoms with Crippen molar-refractivity contribution in [2.24, 2.45) is 0 Å². The second-order valence-electron chi connectivity index (χ2n) is 7.33. The molecule has 7 heteroatoms. The molecule has 7 nitrogen and oxygen atoms in total. The third-order valence-corrected chi connectivity index (χ3v) is 5.28. The third-order valence-electron chi connectivity index (χ3n) is 5.28. The minimum absolute atomic E-state index is 0.111. The predicted molar refractivity (Wildman–Crippen MR) is 112 cm³/mol. The predicted octanol–water partition coefficient (Wildman–Crippen LogP) is 3.24. The highest BCUT2D eigenvalue weighted by molar-refractivity contribution is 5.98. The minimum atomic E-state index is -0.414. The highest BCUT2D eigenvalue weighted by Gasteiger charge is 2.24. The summed E-state index contributed by atoms with van der Waals surface area (Å²) in [7, 11) is 0. The number of ether oxygens (including phenoxy) is 3. The molecule has 2 aromatic carbocycles. The maximum atomic E-state index is 13.2. The van der Waals surface area contributed by atoms with E-state index in [9.17, 15) is 9.59 Å². The van der Waals surface area contributed by atoms with Gasteiger partial charge in [-0.2, -0.15) is 0 Å². The highest BCUT2D eigenvalue weighted by Crippen LogP contribution is 2.34. The van der Waals surface area contributed by atoms with Gasteiger partial charge in [0.25, 0.3) is 11.8 Å². The summed E-state index contributed by atoms with van der Waals surface area (Å²) in [5.41, 5.74) is 2.01. The Hall–Kier alpha value is -3.06. The molecule has 0 saturated carbocycles. The van der Waals surface area contributed by atoms with Gasteiger partial charge in [-0.15, -0.1) is 0 Å². The van der Waals surface area contributed by atoms with Crippen LogP contribution in [0.25, 0.3) is 0 Å². The van der Waals surface area contributed by atoms with Crippen LogP contribution >= 0.6 is 0 Å². The Bertz CT molecular complexity index is 924. The van der Waals surface area contributed by atoms with Gasteiger partial charge in [0.05, 0.1) is 0 Å². The van der Waals surface area contributed by atoms with Crippen LogP contribution in [0.15, 0.2) is 42.5 Å². The van der Waals surface area contributed by atoms with Crippen LogP contribution in [0.3, 0.4) is 0 Å². The van der Waals surface area contributed by atoms with Crippen LogP contribution in [0.4, 0.5) is 5.69 Å². The number of para-hydroxylation sites is 1. The summed E-state index contributed by atoms with van der Waals surface area (Å²) in [5.74, 6) is 1.13. The lowest BCUT2D eigenvalue weighted by atomic mass is 10.1. The molecule has 2 amide bonds. The van der Waals surface area contributed by atoms with Gasteiger partial charge in [0.1, 0.15) is 19.3 Å². The summed E-state index contributed by atoms with van der Waals surface area (Å²) in [6.07, 6.45) is 1.20. The van der Waals surface area contributed by atoms with E-state index in [1.807, 2.05) is 25.1 Å². The minimum Gasteiger partial charge on any atom is -0.486 e. The van der Waals surface area contributed by atoms with E-state index in [0.29, 0.717) is 55.7 Å². The van der Waals surface area contributed by atoms with E-state index in [2.05, 4.69) is 5.32 Å². The Morgan fingerprint density at radius 3 is 2.73 bits per heavy atom. The van der Waals surface area contributed by atoms with Gasteiger partial charge in [0, 0.05) is 36.5 Å². The van der Waals surface area contributed by atoms with Crippen LogP contribution in [0.2, 0.25) is 0 Å². The summed E-state index contributed by atoms with van der Waals surface area (Å²) in [5, 5.41) is 2.86. The summed E-state index contributed by atoms with van der Waals surface area (Å²) < 4.78 is 16.8. The molecule has 4 rings (SSSR count). The fourth-order valence-electron chi connectivity index (χ4n) is 3.71. The van der Waals surface area contributed by atoms with Crippen molar-refractivity contribution in [3.05, 3.63) is 53.6 Å². The molecule has 30 heavy (non-hydrogen) atoms. The van der Waals surface area contributed by atoms with Crippen LogP contribution < -0.4 is 14.8 Å². The number of carbonyl (C=O) groups excluding carboxylic acids is 2. The summed E-state index contributed by atoms with van der Waals surface area (Å²) in [6, 6.07) is 12.7. The molecule has 0 bridgehead atoms. The smallest absolute Gasteiger partial charge is 0.254 e. The normalized spacial score (nSPS) is 17.4. The molecule has 0 aliphatic carbocycles. The lowest BCUT2D eigenvalue weighted by molar-refractivity contribution is -0.124. The first kappa shape index (κ1) is 20.2. The molecule has 1 saturated heterocycles. The van der Waals surface area contributed by atoms with Gasteiger partial charge in [-0.3, -0.25) is 9.59 Å². The van der Waals surface area contributed by atoms with Gasteiger partial charge in [-0.05, 0) is 44.0 Å². The molecule has 2 aliphatic heterocycles. The second-order valence-corrected chi connectivity index (χ2v) is 7.33. The van der Waals surface area contributed by atoms with Crippen molar-refractivity contribution in [1.29, 1.82) is 0 Å². The Labute approximate surface area is 175 Å². The van der Waals surface area contributed by atoms with Gasteiger partial charge in [-0.25, -0.2) is 0 Å². The Balaban J connectivity index is 1.48. The van der Waals surface area contributed by atoms with Crippen molar-refractivity contribution in [3.63, 3.8) is 0 Å². The van der Waals surface area contributed by atoms with E-state index in [0.717, 1.165) is 18.4 Å². The van der Waals surface area contributed by atoms with Crippen LogP contribution in [0.1, 0.15) is 35.7 Å². The first-order valence-electron chi connectivity index (χ1n) is 10.3. The van der Waals surface area contributed by atoms with E-state index in [-0.39, 0.29) is 11.8 Å². The van der Waals surface area contributed by atoms with Crippen molar-refractivity contribution in [1.82, 2.24) is 4.90 Å². The quantitative estimate of drug-likeness (QED) is 0.791.